The van der Waals surface area contributed by atoms with Crippen molar-refractivity contribution >= 4 is 11.6 Å². The third kappa shape index (κ3) is 2.15. The first-order valence-electron chi connectivity index (χ1n) is 6.88. The lowest BCUT2D eigenvalue weighted by Crippen LogP contribution is -2.39. The summed E-state index contributed by atoms with van der Waals surface area (Å²) >= 11 is 0. The molecule has 1 unspecified atom stereocenters. The van der Waals surface area contributed by atoms with Gasteiger partial charge in [0.05, 0.1) is 19.4 Å². The molecular weight excluding hydrogens is 270 g/mol. The van der Waals surface area contributed by atoms with Crippen molar-refractivity contribution in [1.29, 1.82) is 0 Å². The van der Waals surface area contributed by atoms with Crippen LogP contribution in [0.5, 0.6) is 0 Å². The van der Waals surface area contributed by atoms with Crippen LogP contribution in [0.1, 0.15) is 17.6 Å². The first-order valence-corrected chi connectivity index (χ1v) is 6.88. The fourth-order valence-corrected chi connectivity index (χ4v) is 2.64. The van der Waals surface area contributed by atoms with Crippen molar-refractivity contribution in [3.8, 4) is 0 Å². The van der Waals surface area contributed by atoms with E-state index in [1.165, 1.54) is 6.33 Å². The van der Waals surface area contributed by atoms with Gasteiger partial charge >= 0.3 is 0 Å². The van der Waals surface area contributed by atoms with Gasteiger partial charge in [-0.3, -0.25) is 0 Å². The van der Waals surface area contributed by atoms with Crippen molar-refractivity contribution in [2.75, 3.05) is 24.6 Å². The van der Waals surface area contributed by atoms with Crippen molar-refractivity contribution in [3.05, 3.63) is 42.2 Å². The number of fused-ring (bicyclic) bond motifs is 1. The predicted molar refractivity (Wildman–Crippen MR) is 75.1 cm³/mol. The van der Waals surface area contributed by atoms with E-state index in [2.05, 4.69) is 20.0 Å². The molecule has 0 spiro atoms. The second-order valence-corrected chi connectivity index (χ2v) is 5.05. The van der Waals surface area contributed by atoms with E-state index >= 15 is 0 Å². The Balaban J connectivity index is 1.70. The molecule has 0 N–H and O–H groups in total. The van der Waals surface area contributed by atoms with Gasteiger partial charge in [-0.25, -0.2) is 4.98 Å². The summed E-state index contributed by atoms with van der Waals surface area (Å²) in [6, 6.07) is 5.84. The molecule has 4 heterocycles. The fraction of sp³-hybridized carbons (Fsp3) is 0.357. The number of anilines is 1. The van der Waals surface area contributed by atoms with Crippen LogP contribution in [-0.2, 0) is 4.74 Å². The summed E-state index contributed by atoms with van der Waals surface area (Å²) < 4.78 is 13.0. The summed E-state index contributed by atoms with van der Waals surface area (Å²) in [7, 11) is 0. The van der Waals surface area contributed by atoms with Crippen molar-refractivity contribution in [2.24, 2.45) is 0 Å². The van der Waals surface area contributed by atoms with Crippen LogP contribution in [-0.4, -0.2) is 39.3 Å². The van der Waals surface area contributed by atoms with Gasteiger partial charge in [-0.05, 0) is 19.1 Å². The van der Waals surface area contributed by atoms with Crippen LogP contribution in [0.2, 0.25) is 0 Å². The van der Waals surface area contributed by atoms with Gasteiger partial charge in [0.2, 0.25) is 0 Å². The Morgan fingerprint density at radius 2 is 2.33 bits per heavy atom. The standard InChI is InChI=1S/C14H15N5O2/c1-10-7-13(19-14(17-10)15-9-16-19)18-4-6-21-12(8-18)11-3-2-5-20-11/h2-3,5,7,9,12H,4,6,8H2,1H3. The van der Waals surface area contributed by atoms with E-state index in [-0.39, 0.29) is 6.10 Å². The zero-order valence-electron chi connectivity index (χ0n) is 11.6. The molecule has 0 bridgehead atoms. The van der Waals surface area contributed by atoms with Crippen molar-refractivity contribution in [2.45, 2.75) is 13.0 Å². The van der Waals surface area contributed by atoms with E-state index in [1.807, 2.05) is 25.1 Å². The van der Waals surface area contributed by atoms with Gasteiger partial charge in [0.25, 0.3) is 5.78 Å². The van der Waals surface area contributed by atoms with Crippen LogP contribution in [0.3, 0.4) is 0 Å². The summed E-state index contributed by atoms with van der Waals surface area (Å²) in [5, 5.41) is 4.26. The zero-order valence-corrected chi connectivity index (χ0v) is 11.6. The van der Waals surface area contributed by atoms with Crippen LogP contribution >= 0.6 is 0 Å². The first-order chi connectivity index (χ1) is 10.3. The van der Waals surface area contributed by atoms with E-state index in [4.69, 9.17) is 9.15 Å². The molecule has 3 aromatic rings. The van der Waals surface area contributed by atoms with Crippen LogP contribution in [0.15, 0.2) is 35.2 Å². The highest BCUT2D eigenvalue weighted by Crippen LogP contribution is 2.26. The second-order valence-electron chi connectivity index (χ2n) is 5.05. The number of aryl methyl sites for hydroxylation is 1. The number of aromatic nitrogens is 4. The number of furan rings is 1. The maximum Gasteiger partial charge on any atom is 0.254 e. The van der Waals surface area contributed by atoms with Crippen LogP contribution in [0.25, 0.3) is 5.78 Å². The molecule has 1 aliphatic rings. The summed E-state index contributed by atoms with van der Waals surface area (Å²) in [4.78, 5) is 10.8. The topological polar surface area (TPSA) is 68.7 Å². The zero-order chi connectivity index (χ0) is 14.2. The molecule has 7 nitrogen and oxygen atoms in total. The number of hydrogen-bond acceptors (Lipinski definition) is 6. The van der Waals surface area contributed by atoms with Gasteiger partial charge < -0.3 is 14.1 Å². The lowest BCUT2D eigenvalue weighted by Gasteiger charge is -2.33. The third-order valence-corrected chi connectivity index (χ3v) is 3.61. The van der Waals surface area contributed by atoms with E-state index in [0.29, 0.717) is 18.9 Å². The van der Waals surface area contributed by atoms with E-state index < -0.39 is 0 Å². The highest BCUT2D eigenvalue weighted by molar-refractivity contribution is 5.47. The van der Waals surface area contributed by atoms with Crippen LogP contribution < -0.4 is 4.90 Å². The van der Waals surface area contributed by atoms with Gasteiger partial charge in [0, 0.05) is 18.3 Å². The van der Waals surface area contributed by atoms with E-state index in [0.717, 1.165) is 23.8 Å². The molecule has 0 saturated carbocycles. The van der Waals surface area contributed by atoms with E-state index in [9.17, 15) is 0 Å². The summed E-state index contributed by atoms with van der Waals surface area (Å²) in [5.74, 6) is 2.45. The summed E-state index contributed by atoms with van der Waals surface area (Å²) in [5.41, 5.74) is 0.923. The Hall–Kier alpha value is -2.41. The van der Waals surface area contributed by atoms with Gasteiger partial charge in [-0.1, -0.05) is 0 Å². The minimum atomic E-state index is -0.0687. The molecule has 0 radical (unpaired) electrons. The van der Waals surface area contributed by atoms with Crippen molar-refractivity contribution < 1.29 is 9.15 Å². The summed E-state index contributed by atoms with van der Waals surface area (Å²) in [6.45, 7) is 4.12. The Morgan fingerprint density at radius 3 is 3.19 bits per heavy atom. The normalized spacial score (nSPS) is 19.3. The second kappa shape index (κ2) is 4.85. The van der Waals surface area contributed by atoms with Gasteiger partial charge in [0.1, 0.15) is 24.0 Å². The van der Waals surface area contributed by atoms with Crippen LogP contribution in [0, 0.1) is 6.92 Å². The molecule has 1 saturated heterocycles. The average Bonchev–Trinajstić information content (AvgIpc) is 3.17. The quantitative estimate of drug-likeness (QED) is 0.712. The van der Waals surface area contributed by atoms with Crippen molar-refractivity contribution in [3.63, 3.8) is 0 Å². The molecule has 1 atom stereocenters. The Bertz CT molecular complexity index is 752. The maximum absolute atomic E-state index is 5.80. The average molecular weight is 285 g/mol. The molecule has 1 aliphatic heterocycles. The molecule has 3 aromatic heterocycles. The van der Waals surface area contributed by atoms with Crippen molar-refractivity contribution in [1.82, 2.24) is 19.6 Å². The fourth-order valence-electron chi connectivity index (χ4n) is 2.64. The lowest BCUT2D eigenvalue weighted by molar-refractivity contribution is 0.0253. The largest absolute Gasteiger partial charge is 0.467 e. The molecule has 0 aliphatic carbocycles. The molecule has 7 heteroatoms. The Labute approximate surface area is 121 Å². The Kier molecular flexibility index (Phi) is 2.85. The molecule has 0 aromatic carbocycles. The highest BCUT2D eigenvalue weighted by Gasteiger charge is 2.26. The highest BCUT2D eigenvalue weighted by atomic mass is 16.5. The predicted octanol–water partition coefficient (Wildman–Crippen LogP) is 1.60. The smallest absolute Gasteiger partial charge is 0.254 e. The third-order valence-electron chi connectivity index (χ3n) is 3.61. The lowest BCUT2D eigenvalue weighted by atomic mass is 10.2. The SMILES string of the molecule is Cc1cc(N2CCOC(c3ccco3)C2)n2ncnc2n1. The molecule has 1 fully saturated rings. The number of nitrogens with zero attached hydrogens (tertiary/aromatic N) is 5. The molecular formula is C14H15N5O2. The number of rotatable bonds is 2. The van der Waals surface area contributed by atoms with E-state index in [1.54, 1.807) is 10.8 Å². The first kappa shape index (κ1) is 12.3. The number of ether oxygens (including phenoxy) is 1. The van der Waals surface area contributed by atoms with Crippen LogP contribution in [0.4, 0.5) is 5.82 Å². The van der Waals surface area contributed by atoms with Gasteiger partial charge in [-0.15, -0.1) is 0 Å². The summed E-state index contributed by atoms with van der Waals surface area (Å²) in [6.07, 6.45) is 3.13. The number of hydrogen-bond donors (Lipinski definition) is 0. The van der Waals surface area contributed by atoms with Gasteiger partial charge in [-0.2, -0.15) is 14.6 Å². The molecule has 0 amide bonds. The molecule has 21 heavy (non-hydrogen) atoms. The molecule has 4 rings (SSSR count). The number of morpholine rings is 1. The Morgan fingerprint density at radius 1 is 1.38 bits per heavy atom. The monoisotopic (exact) mass is 285 g/mol. The maximum atomic E-state index is 5.80. The minimum Gasteiger partial charge on any atom is -0.467 e. The minimum absolute atomic E-state index is 0.0687. The molecule has 108 valence electrons. The van der Waals surface area contributed by atoms with Gasteiger partial charge in [0.15, 0.2) is 0 Å².